The number of aryl methyl sites for hydroxylation is 2. The van der Waals surface area contributed by atoms with Gasteiger partial charge in [0.05, 0.1) is 18.4 Å². The molecule has 4 heteroatoms. The Labute approximate surface area is 117 Å². The number of carbonyl (C=O) groups is 1. The molecule has 3 rings (SSSR count). The molecule has 0 aliphatic carbocycles. The molecule has 1 aliphatic heterocycles. The van der Waals surface area contributed by atoms with E-state index in [2.05, 4.69) is 11.1 Å². The third-order valence-corrected chi connectivity index (χ3v) is 3.49. The maximum atomic E-state index is 12.4. The van der Waals surface area contributed by atoms with Crippen molar-refractivity contribution in [1.82, 2.24) is 4.98 Å². The van der Waals surface area contributed by atoms with Gasteiger partial charge in [-0.15, -0.1) is 0 Å². The monoisotopic (exact) mass is 268 g/mol. The number of carbonyl (C=O) groups excluding carboxylic acids is 1. The second-order valence-electron chi connectivity index (χ2n) is 4.91. The van der Waals surface area contributed by atoms with Crippen LogP contribution >= 0.6 is 0 Å². The lowest BCUT2D eigenvalue weighted by atomic mass is 10.1. The zero-order valence-electron chi connectivity index (χ0n) is 11.7. The fraction of sp³-hybridized carbons (Fsp3) is 0.188. The summed E-state index contributed by atoms with van der Waals surface area (Å²) in [6.45, 7) is 4.02. The molecule has 1 aliphatic rings. The van der Waals surface area contributed by atoms with Gasteiger partial charge in [-0.1, -0.05) is 18.2 Å². The molecule has 2 heterocycles. The molecule has 102 valence electrons. The molecule has 1 aromatic carbocycles. The Morgan fingerprint density at radius 2 is 2.00 bits per heavy atom. The molecule has 0 spiro atoms. The molecule has 0 unspecified atom stereocenters. The van der Waals surface area contributed by atoms with Crippen molar-refractivity contribution in [3.05, 3.63) is 52.8 Å². The lowest BCUT2D eigenvalue weighted by Crippen LogP contribution is -2.24. The number of para-hydroxylation sites is 1. The van der Waals surface area contributed by atoms with Gasteiger partial charge in [-0.3, -0.25) is 9.63 Å². The zero-order chi connectivity index (χ0) is 14.3. The molecule has 0 bridgehead atoms. The number of hydrogen-bond acceptors (Lipinski definition) is 2. The first-order chi connectivity index (χ1) is 9.61. The lowest BCUT2D eigenvalue weighted by Gasteiger charge is -2.12. The molecule has 2 aromatic rings. The molecule has 0 atom stereocenters. The van der Waals surface area contributed by atoms with Crippen LogP contribution in [0.3, 0.4) is 0 Å². The Balaban J connectivity index is 2.15. The minimum Gasteiger partial charge on any atom is -0.359 e. The van der Waals surface area contributed by atoms with Crippen LogP contribution in [0.4, 0.5) is 5.69 Å². The van der Waals surface area contributed by atoms with Crippen LogP contribution in [-0.4, -0.2) is 18.0 Å². The number of aromatic nitrogens is 1. The third-order valence-electron chi connectivity index (χ3n) is 3.49. The molecule has 0 radical (unpaired) electrons. The molecule has 0 saturated heterocycles. The number of rotatable bonds is 2. The Morgan fingerprint density at radius 1 is 1.25 bits per heavy atom. The number of nitrogens with one attached hydrogen (secondary N) is 1. The summed E-state index contributed by atoms with van der Waals surface area (Å²) in [4.78, 5) is 20.9. The van der Waals surface area contributed by atoms with Crippen molar-refractivity contribution in [2.45, 2.75) is 13.8 Å². The first kappa shape index (κ1) is 12.7. The summed E-state index contributed by atoms with van der Waals surface area (Å²) in [7, 11) is 1.50. The summed E-state index contributed by atoms with van der Waals surface area (Å²) in [5.74, 6) is -0.139. The highest BCUT2D eigenvalue weighted by molar-refractivity contribution is 6.35. The van der Waals surface area contributed by atoms with E-state index < -0.39 is 0 Å². The molecule has 1 amide bonds. The number of nitrogens with zero attached hydrogens (tertiary/aromatic N) is 1. The van der Waals surface area contributed by atoms with Crippen LogP contribution < -0.4 is 5.06 Å². The number of amides is 1. The van der Waals surface area contributed by atoms with Crippen molar-refractivity contribution in [2.75, 3.05) is 12.2 Å². The SMILES string of the molecule is CON1C(=O)/C(=C/c2[nH]c(C)cc2C)c2ccccc21. The number of anilines is 1. The third kappa shape index (κ3) is 1.85. The number of fused-ring (bicyclic) bond motifs is 1. The molecule has 0 saturated carbocycles. The van der Waals surface area contributed by atoms with Gasteiger partial charge in [0.1, 0.15) is 0 Å². The van der Waals surface area contributed by atoms with Gasteiger partial charge < -0.3 is 4.98 Å². The molecular weight excluding hydrogens is 252 g/mol. The minimum absolute atomic E-state index is 0.139. The molecule has 1 aromatic heterocycles. The van der Waals surface area contributed by atoms with E-state index in [1.165, 1.54) is 12.2 Å². The summed E-state index contributed by atoms with van der Waals surface area (Å²) >= 11 is 0. The molecule has 1 N–H and O–H groups in total. The summed E-state index contributed by atoms with van der Waals surface area (Å²) in [6.07, 6.45) is 1.89. The topological polar surface area (TPSA) is 45.3 Å². The zero-order valence-corrected chi connectivity index (χ0v) is 11.7. The van der Waals surface area contributed by atoms with Gasteiger partial charge in [-0.05, 0) is 37.6 Å². The van der Waals surface area contributed by atoms with E-state index in [1.807, 2.05) is 44.2 Å². The van der Waals surface area contributed by atoms with Crippen molar-refractivity contribution in [3.8, 4) is 0 Å². The molecule has 4 nitrogen and oxygen atoms in total. The molecular formula is C16H16N2O2. The average Bonchev–Trinajstić information content (AvgIpc) is 2.88. The van der Waals surface area contributed by atoms with Crippen LogP contribution in [0.5, 0.6) is 0 Å². The Bertz CT molecular complexity index is 713. The molecule has 20 heavy (non-hydrogen) atoms. The van der Waals surface area contributed by atoms with Crippen LogP contribution in [0.15, 0.2) is 30.3 Å². The molecule has 0 fully saturated rings. The maximum Gasteiger partial charge on any atom is 0.282 e. The lowest BCUT2D eigenvalue weighted by molar-refractivity contribution is -0.118. The highest BCUT2D eigenvalue weighted by Crippen LogP contribution is 2.37. The summed E-state index contributed by atoms with van der Waals surface area (Å²) in [5, 5.41) is 1.33. The quantitative estimate of drug-likeness (QED) is 0.851. The summed E-state index contributed by atoms with van der Waals surface area (Å²) < 4.78 is 0. The van der Waals surface area contributed by atoms with Crippen LogP contribution in [0.2, 0.25) is 0 Å². The fourth-order valence-electron chi connectivity index (χ4n) is 2.58. The van der Waals surface area contributed by atoms with Crippen molar-refractivity contribution in [1.29, 1.82) is 0 Å². The number of aromatic amines is 1. The first-order valence-corrected chi connectivity index (χ1v) is 6.47. The standard InChI is InChI=1S/C16H16N2O2/c1-10-8-11(2)17-14(10)9-13-12-6-4-5-7-15(12)18(20-3)16(13)19/h4-9,17H,1-3H3/b13-9+. The average molecular weight is 268 g/mol. The largest absolute Gasteiger partial charge is 0.359 e. The second-order valence-corrected chi connectivity index (χ2v) is 4.91. The van der Waals surface area contributed by atoms with Crippen LogP contribution in [0.25, 0.3) is 11.6 Å². The van der Waals surface area contributed by atoms with Crippen molar-refractivity contribution in [3.63, 3.8) is 0 Å². The summed E-state index contributed by atoms with van der Waals surface area (Å²) in [6, 6.07) is 9.69. The second kappa shape index (κ2) is 4.65. The van der Waals surface area contributed by atoms with Gasteiger partial charge in [0.2, 0.25) is 0 Å². The van der Waals surface area contributed by atoms with Crippen LogP contribution in [0.1, 0.15) is 22.5 Å². The Kier molecular flexibility index (Phi) is 2.95. The van der Waals surface area contributed by atoms with E-state index in [0.717, 1.165) is 28.2 Å². The van der Waals surface area contributed by atoms with E-state index in [0.29, 0.717) is 5.57 Å². The highest BCUT2D eigenvalue weighted by atomic mass is 16.7. The van der Waals surface area contributed by atoms with Gasteiger partial charge >= 0.3 is 0 Å². The minimum atomic E-state index is -0.139. The van der Waals surface area contributed by atoms with Crippen LogP contribution in [-0.2, 0) is 9.63 Å². The predicted octanol–water partition coefficient (Wildman–Crippen LogP) is 3.08. The summed E-state index contributed by atoms with van der Waals surface area (Å²) in [5.41, 5.74) is 5.48. The first-order valence-electron chi connectivity index (χ1n) is 6.47. The Morgan fingerprint density at radius 3 is 2.65 bits per heavy atom. The van der Waals surface area contributed by atoms with Crippen molar-refractivity contribution >= 4 is 23.2 Å². The van der Waals surface area contributed by atoms with E-state index >= 15 is 0 Å². The van der Waals surface area contributed by atoms with Gasteiger partial charge in [-0.2, -0.15) is 5.06 Å². The number of H-pyrrole nitrogens is 1. The van der Waals surface area contributed by atoms with Gasteiger partial charge in [-0.25, -0.2) is 0 Å². The van der Waals surface area contributed by atoms with Gasteiger partial charge in [0, 0.05) is 17.0 Å². The smallest absolute Gasteiger partial charge is 0.282 e. The number of benzene rings is 1. The highest BCUT2D eigenvalue weighted by Gasteiger charge is 2.32. The maximum absolute atomic E-state index is 12.4. The van der Waals surface area contributed by atoms with Gasteiger partial charge in [0.25, 0.3) is 5.91 Å². The predicted molar refractivity (Wildman–Crippen MR) is 79.1 cm³/mol. The van der Waals surface area contributed by atoms with E-state index in [9.17, 15) is 4.79 Å². The Hall–Kier alpha value is -2.33. The van der Waals surface area contributed by atoms with Crippen molar-refractivity contribution in [2.24, 2.45) is 0 Å². The van der Waals surface area contributed by atoms with E-state index in [1.54, 1.807) is 0 Å². The number of hydrogen-bond donors (Lipinski definition) is 1. The van der Waals surface area contributed by atoms with E-state index in [-0.39, 0.29) is 5.91 Å². The van der Waals surface area contributed by atoms with Gasteiger partial charge in [0.15, 0.2) is 0 Å². The van der Waals surface area contributed by atoms with Crippen molar-refractivity contribution < 1.29 is 9.63 Å². The van der Waals surface area contributed by atoms with Crippen LogP contribution in [0, 0.1) is 13.8 Å². The number of hydroxylamine groups is 1. The fourth-order valence-corrected chi connectivity index (χ4v) is 2.58. The normalized spacial score (nSPS) is 16.1. The van der Waals surface area contributed by atoms with E-state index in [4.69, 9.17) is 4.84 Å².